The lowest BCUT2D eigenvalue weighted by molar-refractivity contribution is -0.117. The van der Waals surface area contributed by atoms with Gasteiger partial charge in [-0.15, -0.1) is 0 Å². The zero-order valence-electron chi connectivity index (χ0n) is 15.3. The molecule has 3 rings (SSSR count). The maximum atomic E-state index is 12.4. The van der Waals surface area contributed by atoms with E-state index in [9.17, 15) is 4.79 Å². The third-order valence-corrected chi connectivity index (χ3v) is 5.77. The molecule has 140 valence electrons. The summed E-state index contributed by atoms with van der Waals surface area (Å²) >= 11 is 6.88. The topological polar surface area (TPSA) is 53.4 Å². The fraction of sp³-hybridized carbons (Fsp3) is 0.500. The summed E-state index contributed by atoms with van der Waals surface area (Å²) in [5.74, 6) is 0.0525. The van der Waals surface area contributed by atoms with E-state index in [1.54, 1.807) is 11.3 Å². The highest BCUT2D eigenvalue weighted by atomic mass is 32.1. The van der Waals surface area contributed by atoms with Crippen LogP contribution in [0.15, 0.2) is 24.3 Å². The molecule has 1 saturated heterocycles. The lowest BCUT2D eigenvalue weighted by Gasteiger charge is -2.34. The number of para-hydroxylation sites is 1. The van der Waals surface area contributed by atoms with E-state index in [2.05, 4.69) is 33.2 Å². The first-order valence-corrected chi connectivity index (χ1v) is 10.1. The minimum absolute atomic E-state index is 0.0525. The van der Waals surface area contributed by atoms with Crippen LogP contribution in [0.1, 0.15) is 17.5 Å². The Kier molecular flexibility index (Phi) is 6.53. The van der Waals surface area contributed by atoms with Gasteiger partial charge in [-0.3, -0.25) is 14.6 Å². The molecule has 1 aromatic heterocycles. The van der Waals surface area contributed by atoms with Gasteiger partial charge >= 0.3 is 0 Å². The molecule has 1 amide bonds. The zero-order valence-corrected chi connectivity index (χ0v) is 16.9. The van der Waals surface area contributed by atoms with Crippen LogP contribution in [-0.4, -0.2) is 58.2 Å². The molecule has 1 aromatic carbocycles. The second-order valence-electron chi connectivity index (χ2n) is 6.48. The minimum atomic E-state index is 0.0525. The molecule has 8 heteroatoms. The maximum absolute atomic E-state index is 12.4. The fourth-order valence-electron chi connectivity index (χ4n) is 3.12. The van der Waals surface area contributed by atoms with Gasteiger partial charge in [0.1, 0.15) is 5.01 Å². The molecule has 1 fully saturated rings. The second kappa shape index (κ2) is 8.85. The Morgan fingerprint density at radius 1 is 1.23 bits per heavy atom. The number of piperazine rings is 1. The Morgan fingerprint density at radius 3 is 2.58 bits per heavy atom. The molecule has 1 N–H and O–H groups in total. The van der Waals surface area contributed by atoms with Crippen molar-refractivity contribution < 1.29 is 4.79 Å². The molecule has 2 aromatic rings. The number of aryl methyl sites for hydroxylation is 2. The smallest absolute Gasteiger partial charge is 0.238 e. The number of aromatic nitrogens is 2. The number of nitrogens with zero attached hydrogens (tertiary/aromatic N) is 4. The lowest BCUT2D eigenvalue weighted by Crippen LogP contribution is -2.49. The summed E-state index contributed by atoms with van der Waals surface area (Å²) < 4.78 is 2.71. The predicted molar refractivity (Wildman–Crippen MR) is 108 cm³/mol. The second-order valence-corrected chi connectivity index (χ2v) is 8.31. The SMILES string of the molecule is CCc1ccccc1NC(=O)CN1CCN(Cn2nc(C)sc2=S)CC1. The highest BCUT2D eigenvalue weighted by Gasteiger charge is 2.20. The Morgan fingerprint density at radius 2 is 1.92 bits per heavy atom. The van der Waals surface area contributed by atoms with Crippen LogP contribution in [-0.2, 0) is 17.9 Å². The number of carbonyl (C=O) groups is 1. The molecule has 6 nitrogen and oxygen atoms in total. The number of hydrogen-bond donors (Lipinski definition) is 1. The summed E-state index contributed by atoms with van der Waals surface area (Å²) in [6.07, 6.45) is 0.910. The first-order valence-electron chi connectivity index (χ1n) is 8.92. The van der Waals surface area contributed by atoms with Gasteiger partial charge in [0.15, 0.2) is 3.95 Å². The summed E-state index contributed by atoms with van der Waals surface area (Å²) in [5.41, 5.74) is 2.09. The lowest BCUT2D eigenvalue weighted by atomic mass is 10.1. The highest BCUT2D eigenvalue weighted by Crippen LogP contribution is 2.15. The molecule has 0 atom stereocenters. The van der Waals surface area contributed by atoms with Crippen molar-refractivity contribution in [1.29, 1.82) is 0 Å². The third-order valence-electron chi connectivity index (χ3n) is 4.55. The summed E-state index contributed by atoms with van der Waals surface area (Å²) in [6.45, 7) is 8.81. The van der Waals surface area contributed by atoms with E-state index in [1.165, 1.54) is 5.56 Å². The summed E-state index contributed by atoms with van der Waals surface area (Å²) in [4.78, 5) is 16.9. The van der Waals surface area contributed by atoms with Gasteiger partial charge in [0, 0.05) is 31.9 Å². The van der Waals surface area contributed by atoms with Gasteiger partial charge in [0.25, 0.3) is 0 Å². The molecule has 0 radical (unpaired) electrons. The number of nitrogens with one attached hydrogen (secondary N) is 1. The number of amides is 1. The molecule has 0 saturated carbocycles. The van der Waals surface area contributed by atoms with Crippen LogP contribution in [0.3, 0.4) is 0 Å². The van der Waals surface area contributed by atoms with Crippen LogP contribution in [0.25, 0.3) is 0 Å². The van der Waals surface area contributed by atoms with E-state index >= 15 is 0 Å². The Bertz CT molecular complexity index is 808. The van der Waals surface area contributed by atoms with Crippen LogP contribution in [0.2, 0.25) is 0 Å². The van der Waals surface area contributed by atoms with Crippen molar-refractivity contribution in [3.8, 4) is 0 Å². The molecule has 1 aliphatic rings. The van der Waals surface area contributed by atoms with Gasteiger partial charge in [-0.1, -0.05) is 36.5 Å². The highest BCUT2D eigenvalue weighted by molar-refractivity contribution is 7.73. The van der Waals surface area contributed by atoms with E-state index in [-0.39, 0.29) is 5.91 Å². The van der Waals surface area contributed by atoms with Crippen molar-refractivity contribution >= 4 is 35.1 Å². The number of anilines is 1. The average molecular weight is 392 g/mol. The molecule has 0 bridgehead atoms. The Balaban J connectivity index is 1.47. The first kappa shape index (κ1) is 19.2. The Hall–Kier alpha value is -1.61. The van der Waals surface area contributed by atoms with Crippen molar-refractivity contribution in [3.63, 3.8) is 0 Å². The van der Waals surface area contributed by atoms with E-state index in [0.29, 0.717) is 6.54 Å². The van der Waals surface area contributed by atoms with Gasteiger partial charge in [0.05, 0.1) is 13.2 Å². The normalized spacial score (nSPS) is 15.9. The summed E-state index contributed by atoms with van der Waals surface area (Å²) in [6, 6.07) is 7.98. The van der Waals surface area contributed by atoms with Crippen LogP contribution in [0, 0.1) is 10.9 Å². The van der Waals surface area contributed by atoms with Crippen molar-refractivity contribution in [2.24, 2.45) is 0 Å². The largest absolute Gasteiger partial charge is 0.325 e. The molecule has 0 unspecified atom stereocenters. The molecular weight excluding hydrogens is 366 g/mol. The van der Waals surface area contributed by atoms with Gasteiger partial charge in [-0.05, 0) is 37.2 Å². The van der Waals surface area contributed by atoms with E-state index in [0.717, 1.165) is 53.9 Å². The van der Waals surface area contributed by atoms with Gasteiger partial charge < -0.3 is 5.32 Å². The van der Waals surface area contributed by atoms with Crippen molar-refractivity contribution in [2.45, 2.75) is 26.9 Å². The van der Waals surface area contributed by atoms with Crippen LogP contribution in [0.4, 0.5) is 5.69 Å². The Labute approximate surface area is 163 Å². The number of rotatable bonds is 6. The summed E-state index contributed by atoms with van der Waals surface area (Å²) in [5, 5.41) is 8.49. The average Bonchev–Trinajstić information content (AvgIpc) is 2.94. The molecule has 2 heterocycles. The first-order chi connectivity index (χ1) is 12.5. The minimum Gasteiger partial charge on any atom is -0.325 e. The van der Waals surface area contributed by atoms with Crippen molar-refractivity contribution in [2.75, 3.05) is 38.0 Å². The van der Waals surface area contributed by atoms with Crippen LogP contribution >= 0.6 is 23.6 Å². The molecule has 1 aliphatic heterocycles. The monoisotopic (exact) mass is 391 g/mol. The number of benzene rings is 1. The van der Waals surface area contributed by atoms with Crippen molar-refractivity contribution in [1.82, 2.24) is 19.6 Å². The zero-order chi connectivity index (χ0) is 18.5. The van der Waals surface area contributed by atoms with Crippen LogP contribution in [0.5, 0.6) is 0 Å². The number of hydrogen-bond acceptors (Lipinski definition) is 6. The van der Waals surface area contributed by atoms with Crippen LogP contribution < -0.4 is 5.32 Å². The maximum Gasteiger partial charge on any atom is 0.238 e. The predicted octanol–water partition coefficient (Wildman–Crippen LogP) is 2.76. The molecule has 26 heavy (non-hydrogen) atoms. The quantitative estimate of drug-likeness (QED) is 0.768. The standard InChI is InChI=1S/C18H25N5OS2/c1-3-15-6-4-5-7-16(15)19-17(24)12-21-8-10-22(11-9-21)13-23-18(25)26-14(2)20-23/h4-7H,3,8-13H2,1-2H3,(H,19,24). The van der Waals surface area contributed by atoms with Gasteiger partial charge in [-0.2, -0.15) is 5.10 Å². The van der Waals surface area contributed by atoms with Crippen molar-refractivity contribution in [3.05, 3.63) is 38.8 Å². The number of carbonyl (C=O) groups excluding carboxylic acids is 1. The molecule has 0 aliphatic carbocycles. The van der Waals surface area contributed by atoms with Gasteiger partial charge in [0.2, 0.25) is 5.91 Å². The summed E-state index contributed by atoms with van der Waals surface area (Å²) in [7, 11) is 0. The molecular formula is C18H25N5OS2. The van der Waals surface area contributed by atoms with E-state index < -0.39 is 0 Å². The molecule has 0 spiro atoms. The third kappa shape index (κ3) is 4.97. The van der Waals surface area contributed by atoms with Gasteiger partial charge in [-0.25, -0.2) is 4.68 Å². The van der Waals surface area contributed by atoms with E-state index in [4.69, 9.17) is 12.2 Å². The van der Waals surface area contributed by atoms with E-state index in [1.807, 2.05) is 29.8 Å². The fourth-order valence-corrected chi connectivity index (χ4v) is 4.18.